The van der Waals surface area contributed by atoms with Crippen LogP contribution in [-0.4, -0.2) is 11.9 Å². The van der Waals surface area contributed by atoms with Gasteiger partial charge in [0.1, 0.15) is 0 Å². The van der Waals surface area contributed by atoms with Gasteiger partial charge in [-0.3, -0.25) is 4.79 Å². The first kappa shape index (κ1) is 18.5. The fourth-order valence-corrected chi connectivity index (χ4v) is 2.12. The Balaban J connectivity index is 2.44. The predicted octanol–water partition coefficient (Wildman–Crippen LogP) is 3.33. The van der Waals surface area contributed by atoms with Crippen LogP contribution in [-0.2, 0) is 11.0 Å². The highest BCUT2D eigenvalue weighted by molar-refractivity contribution is 5.96. The second-order valence-corrected chi connectivity index (χ2v) is 5.81. The van der Waals surface area contributed by atoms with Crippen molar-refractivity contribution in [2.24, 2.45) is 5.92 Å². The van der Waals surface area contributed by atoms with Crippen LogP contribution < -0.4 is 10.4 Å². The van der Waals surface area contributed by atoms with Crippen LogP contribution in [0.25, 0.3) is 11.1 Å². The number of carboxylic acids is 1. The second-order valence-electron chi connectivity index (χ2n) is 5.81. The molecular weight excluding hydrogens is 335 g/mol. The largest absolute Gasteiger partial charge is 0.545 e. The lowest BCUT2D eigenvalue weighted by molar-refractivity contribution is -0.255. The fourth-order valence-electron chi connectivity index (χ4n) is 2.12. The van der Waals surface area contributed by atoms with Crippen LogP contribution in [0.15, 0.2) is 42.5 Å². The van der Waals surface area contributed by atoms with E-state index >= 15 is 0 Å². The Bertz CT molecular complexity index is 796. The summed E-state index contributed by atoms with van der Waals surface area (Å²) in [7, 11) is 0. The predicted molar refractivity (Wildman–Crippen MR) is 84.7 cm³/mol. The number of amides is 1. The van der Waals surface area contributed by atoms with E-state index in [1.165, 1.54) is 30.3 Å². The van der Waals surface area contributed by atoms with Gasteiger partial charge in [-0.25, -0.2) is 0 Å². The van der Waals surface area contributed by atoms with E-state index < -0.39 is 17.7 Å². The molecule has 0 aliphatic rings. The molecule has 0 bridgehead atoms. The molecule has 1 amide bonds. The highest BCUT2D eigenvalue weighted by Crippen LogP contribution is 2.32. The lowest BCUT2D eigenvalue weighted by Gasteiger charge is -2.14. The molecule has 0 saturated carbocycles. The molecule has 7 heteroatoms. The zero-order chi connectivity index (χ0) is 18.8. The third-order valence-corrected chi connectivity index (χ3v) is 3.51. The quantitative estimate of drug-likeness (QED) is 0.920. The standard InChI is InChI=1S/C18H16F3NO3/c1-10(2)16(23)22-15-8-12(7-13(9-15)17(24)25)11-3-5-14(6-4-11)18(19,20)21/h3-10H,1-2H3,(H,22,23)(H,24,25)/p-1. The summed E-state index contributed by atoms with van der Waals surface area (Å²) >= 11 is 0. The third-order valence-electron chi connectivity index (χ3n) is 3.51. The smallest absolute Gasteiger partial charge is 0.416 e. The molecule has 0 aliphatic heterocycles. The van der Waals surface area contributed by atoms with Gasteiger partial charge >= 0.3 is 6.18 Å². The Hall–Kier alpha value is -2.83. The number of carboxylic acid groups (broad SMARTS) is 1. The maximum Gasteiger partial charge on any atom is 0.416 e. The lowest BCUT2D eigenvalue weighted by atomic mass is 10.0. The fraction of sp³-hybridized carbons (Fsp3) is 0.222. The zero-order valence-electron chi connectivity index (χ0n) is 13.5. The molecule has 0 radical (unpaired) electrons. The molecule has 0 heterocycles. The summed E-state index contributed by atoms with van der Waals surface area (Å²) in [5.74, 6) is -2.08. The van der Waals surface area contributed by atoms with Crippen molar-refractivity contribution in [3.8, 4) is 11.1 Å². The van der Waals surface area contributed by atoms with Gasteiger partial charge in [0.2, 0.25) is 5.91 Å². The molecule has 2 aromatic carbocycles. The number of benzene rings is 2. The van der Waals surface area contributed by atoms with Crippen LogP contribution in [0.3, 0.4) is 0 Å². The minimum absolute atomic E-state index is 0.184. The first-order valence-corrected chi connectivity index (χ1v) is 7.43. The van der Waals surface area contributed by atoms with Crippen molar-refractivity contribution >= 4 is 17.6 Å². The Labute approximate surface area is 142 Å². The maximum absolute atomic E-state index is 12.6. The van der Waals surface area contributed by atoms with E-state index in [-0.39, 0.29) is 23.1 Å². The summed E-state index contributed by atoms with van der Waals surface area (Å²) in [6.07, 6.45) is -4.46. The van der Waals surface area contributed by atoms with Crippen LogP contribution >= 0.6 is 0 Å². The lowest BCUT2D eigenvalue weighted by Crippen LogP contribution is -2.23. The SMILES string of the molecule is CC(C)C(=O)Nc1cc(C(=O)[O-])cc(-c2ccc(C(F)(F)F)cc2)c1. The Morgan fingerprint density at radius 2 is 1.60 bits per heavy atom. The molecule has 0 aromatic heterocycles. The minimum atomic E-state index is -4.46. The summed E-state index contributed by atoms with van der Waals surface area (Å²) in [5, 5.41) is 13.7. The summed E-state index contributed by atoms with van der Waals surface area (Å²) in [5.41, 5.74) is -0.0157. The van der Waals surface area contributed by atoms with Crippen molar-refractivity contribution in [3.63, 3.8) is 0 Å². The van der Waals surface area contributed by atoms with E-state index in [9.17, 15) is 27.9 Å². The van der Waals surface area contributed by atoms with E-state index in [0.29, 0.717) is 11.1 Å². The van der Waals surface area contributed by atoms with Crippen molar-refractivity contribution < 1.29 is 27.9 Å². The molecule has 0 aliphatic carbocycles. The van der Waals surface area contributed by atoms with Gasteiger partial charge in [0.25, 0.3) is 0 Å². The Morgan fingerprint density at radius 1 is 1.00 bits per heavy atom. The number of rotatable bonds is 4. The molecule has 0 fully saturated rings. The van der Waals surface area contributed by atoms with Gasteiger partial charge in [-0.2, -0.15) is 13.2 Å². The molecular formula is C18H15F3NO3-. The molecule has 0 saturated heterocycles. The highest BCUT2D eigenvalue weighted by atomic mass is 19.4. The van der Waals surface area contributed by atoms with Gasteiger partial charge in [0.05, 0.1) is 11.5 Å². The molecule has 25 heavy (non-hydrogen) atoms. The molecule has 4 nitrogen and oxygen atoms in total. The number of aromatic carboxylic acids is 1. The number of nitrogens with one attached hydrogen (secondary N) is 1. The van der Waals surface area contributed by atoms with Gasteiger partial charge in [-0.1, -0.05) is 26.0 Å². The summed E-state index contributed by atoms with van der Waals surface area (Å²) in [6, 6.07) is 8.32. The molecule has 1 N–H and O–H groups in total. The number of hydrogen-bond donors (Lipinski definition) is 1. The van der Waals surface area contributed by atoms with Crippen molar-refractivity contribution in [1.29, 1.82) is 0 Å². The zero-order valence-corrected chi connectivity index (χ0v) is 13.5. The maximum atomic E-state index is 12.6. The number of carbonyl (C=O) groups is 2. The van der Waals surface area contributed by atoms with Gasteiger partial charge < -0.3 is 15.2 Å². The van der Waals surface area contributed by atoms with Gasteiger partial charge in [-0.05, 0) is 47.0 Å². The van der Waals surface area contributed by atoms with E-state index in [4.69, 9.17) is 0 Å². The van der Waals surface area contributed by atoms with Crippen molar-refractivity contribution in [1.82, 2.24) is 0 Å². The topological polar surface area (TPSA) is 69.2 Å². The molecule has 2 rings (SSSR count). The Morgan fingerprint density at radius 3 is 2.08 bits per heavy atom. The van der Waals surface area contributed by atoms with Gasteiger partial charge in [0, 0.05) is 11.6 Å². The van der Waals surface area contributed by atoms with Crippen LogP contribution in [0.1, 0.15) is 29.8 Å². The number of anilines is 1. The molecule has 132 valence electrons. The van der Waals surface area contributed by atoms with Crippen molar-refractivity contribution in [2.45, 2.75) is 20.0 Å². The van der Waals surface area contributed by atoms with E-state index in [1.807, 2.05) is 0 Å². The average molecular weight is 350 g/mol. The third kappa shape index (κ3) is 4.59. The van der Waals surface area contributed by atoms with Crippen LogP contribution in [0.2, 0.25) is 0 Å². The number of alkyl halides is 3. The molecule has 0 spiro atoms. The van der Waals surface area contributed by atoms with Gasteiger partial charge in [0.15, 0.2) is 0 Å². The number of carbonyl (C=O) groups excluding carboxylic acids is 2. The van der Waals surface area contributed by atoms with E-state index in [2.05, 4.69) is 5.32 Å². The van der Waals surface area contributed by atoms with Crippen molar-refractivity contribution in [2.75, 3.05) is 5.32 Å². The Kier molecular flexibility index (Phi) is 5.15. The van der Waals surface area contributed by atoms with Crippen LogP contribution in [0.4, 0.5) is 18.9 Å². The molecule has 0 atom stereocenters. The summed E-state index contributed by atoms with van der Waals surface area (Å²) in [6.45, 7) is 3.35. The first-order valence-electron chi connectivity index (χ1n) is 7.43. The summed E-state index contributed by atoms with van der Waals surface area (Å²) in [4.78, 5) is 23.0. The van der Waals surface area contributed by atoms with Crippen LogP contribution in [0, 0.1) is 5.92 Å². The van der Waals surface area contributed by atoms with Gasteiger partial charge in [-0.15, -0.1) is 0 Å². The average Bonchev–Trinajstić information content (AvgIpc) is 2.53. The normalized spacial score (nSPS) is 11.4. The van der Waals surface area contributed by atoms with Crippen molar-refractivity contribution in [3.05, 3.63) is 53.6 Å². The molecule has 2 aromatic rings. The van der Waals surface area contributed by atoms with Crippen LogP contribution in [0.5, 0.6) is 0 Å². The first-order chi connectivity index (χ1) is 11.6. The molecule has 0 unspecified atom stereocenters. The minimum Gasteiger partial charge on any atom is -0.545 e. The van der Waals surface area contributed by atoms with E-state index in [0.717, 1.165) is 12.1 Å². The highest BCUT2D eigenvalue weighted by Gasteiger charge is 2.30. The van der Waals surface area contributed by atoms with E-state index in [1.54, 1.807) is 13.8 Å². The number of hydrogen-bond acceptors (Lipinski definition) is 3. The monoisotopic (exact) mass is 350 g/mol. The number of halogens is 3. The second kappa shape index (κ2) is 6.96. The summed E-state index contributed by atoms with van der Waals surface area (Å²) < 4.78 is 37.9.